The Balaban J connectivity index is 3.67. The van der Waals surface area contributed by atoms with Crippen LogP contribution in [0.1, 0.15) is 64.7 Å². The number of methoxy groups -OCH3 is 1. The summed E-state index contributed by atoms with van der Waals surface area (Å²) in [5, 5.41) is 0. The SMILES string of the molecule is C=CCCCCCCC(CCCC)C(=O)OC. The van der Waals surface area contributed by atoms with E-state index in [0.717, 1.165) is 38.5 Å². The van der Waals surface area contributed by atoms with Crippen LogP contribution >= 0.6 is 0 Å². The van der Waals surface area contributed by atoms with E-state index in [1.807, 2.05) is 6.08 Å². The molecule has 0 amide bonds. The lowest BCUT2D eigenvalue weighted by atomic mass is 9.95. The second-order valence-electron chi connectivity index (χ2n) is 4.64. The minimum absolute atomic E-state index is 0.0236. The average Bonchev–Trinajstić information content (AvgIpc) is 2.36. The zero-order valence-electron chi connectivity index (χ0n) is 11.5. The molecule has 0 aromatic heterocycles. The Kier molecular flexibility index (Phi) is 11.1. The van der Waals surface area contributed by atoms with Crippen molar-refractivity contribution in [3.63, 3.8) is 0 Å². The molecule has 0 spiro atoms. The molecule has 0 aromatic rings. The molecule has 1 unspecified atom stereocenters. The molecule has 0 fully saturated rings. The predicted molar refractivity (Wildman–Crippen MR) is 72.9 cm³/mol. The number of ether oxygens (including phenoxy) is 1. The fraction of sp³-hybridized carbons (Fsp3) is 0.800. The first kappa shape index (κ1) is 16.2. The van der Waals surface area contributed by atoms with E-state index in [2.05, 4.69) is 13.5 Å². The predicted octanol–water partition coefficient (Wildman–Crippen LogP) is 4.49. The van der Waals surface area contributed by atoms with Gasteiger partial charge in [0.1, 0.15) is 0 Å². The van der Waals surface area contributed by atoms with Crippen LogP contribution in [0.3, 0.4) is 0 Å². The van der Waals surface area contributed by atoms with Gasteiger partial charge in [-0.05, 0) is 25.7 Å². The molecule has 100 valence electrons. The smallest absolute Gasteiger partial charge is 0.308 e. The van der Waals surface area contributed by atoms with E-state index in [1.165, 1.54) is 26.4 Å². The van der Waals surface area contributed by atoms with Crippen LogP contribution in [-0.4, -0.2) is 13.1 Å². The highest BCUT2D eigenvalue weighted by Gasteiger charge is 2.17. The summed E-state index contributed by atoms with van der Waals surface area (Å²) in [5.74, 6) is 0.101. The third kappa shape index (κ3) is 8.96. The Morgan fingerprint density at radius 2 is 1.82 bits per heavy atom. The van der Waals surface area contributed by atoms with Gasteiger partial charge < -0.3 is 4.74 Å². The van der Waals surface area contributed by atoms with Crippen LogP contribution in [-0.2, 0) is 9.53 Å². The van der Waals surface area contributed by atoms with Gasteiger partial charge in [-0.2, -0.15) is 0 Å². The van der Waals surface area contributed by atoms with Crippen LogP contribution in [0.25, 0.3) is 0 Å². The molecule has 0 N–H and O–H groups in total. The molecule has 0 heterocycles. The molecule has 0 saturated heterocycles. The van der Waals surface area contributed by atoms with E-state index in [9.17, 15) is 4.79 Å². The van der Waals surface area contributed by atoms with Gasteiger partial charge in [-0.25, -0.2) is 0 Å². The maximum Gasteiger partial charge on any atom is 0.308 e. The first-order chi connectivity index (χ1) is 8.26. The van der Waals surface area contributed by atoms with Crippen molar-refractivity contribution in [3.8, 4) is 0 Å². The molecule has 0 bridgehead atoms. The van der Waals surface area contributed by atoms with Gasteiger partial charge in [0, 0.05) is 0 Å². The largest absolute Gasteiger partial charge is 0.469 e. The van der Waals surface area contributed by atoms with Gasteiger partial charge >= 0.3 is 5.97 Å². The molecule has 0 aliphatic rings. The van der Waals surface area contributed by atoms with Gasteiger partial charge in [-0.3, -0.25) is 4.79 Å². The Morgan fingerprint density at radius 1 is 1.18 bits per heavy atom. The third-order valence-corrected chi connectivity index (χ3v) is 3.15. The number of carbonyl (C=O) groups excluding carboxylic acids is 1. The second kappa shape index (κ2) is 11.7. The molecule has 0 aromatic carbocycles. The molecule has 1 atom stereocenters. The van der Waals surface area contributed by atoms with Gasteiger partial charge in [0.2, 0.25) is 0 Å². The minimum Gasteiger partial charge on any atom is -0.469 e. The molecule has 0 aliphatic carbocycles. The molecule has 0 saturated carbocycles. The molecule has 0 aliphatic heterocycles. The maximum absolute atomic E-state index is 11.5. The van der Waals surface area contributed by atoms with E-state index in [1.54, 1.807) is 0 Å². The summed E-state index contributed by atoms with van der Waals surface area (Å²) in [7, 11) is 1.49. The van der Waals surface area contributed by atoms with E-state index < -0.39 is 0 Å². The van der Waals surface area contributed by atoms with Crippen molar-refractivity contribution in [2.24, 2.45) is 5.92 Å². The van der Waals surface area contributed by atoms with Gasteiger partial charge in [0.05, 0.1) is 13.0 Å². The summed E-state index contributed by atoms with van der Waals surface area (Å²) in [5.41, 5.74) is 0. The van der Waals surface area contributed by atoms with Crippen LogP contribution < -0.4 is 0 Å². The molecular weight excluding hydrogens is 212 g/mol. The maximum atomic E-state index is 11.5. The summed E-state index contributed by atoms with van der Waals surface area (Å²) in [6, 6.07) is 0. The summed E-state index contributed by atoms with van der Waals surface area (Å²) in [6.45, 7) is 5.87. The number of carbonyl (C=O) groups is 1. The monoisotopic (exact) mass is 240 g/mol. The Labute approximate surface area is 106 Å². The Bertz CT molecular complexity index is 199. The fourth-order valence-corrected chi connectivity index (χ4v) is 2.03. The van der Waals surface area contributed by atoms with E-state index in [4.69, 9.17) is 4.74 Å². The van der Waals surface area contributed by atoms with Crippen LogP contribution in [0.4, 0.5) is 0 Å². The lowest BCUT2D eigenvalue weighted by Gasteiger charge is -2.13. The van der Waals surface area contributed by atoms with Crippen molar-refractivity contribution in [1.82, 2.24) is 0 Å². The summed E-state index contributed by atoms with van der Waals surface area (Å²) >= 11 is 0. The number of esters is 1. The van der Waals surface area contributed by atoms with Crippen molar-refractivity contribution < 1.29 is 9.53 Å². The van der Waals surface area contributed by atoms with Crippen LogP contribution in [0, 0.1) is 5.92 Å². The van der Waals surface area contributed by atoms with Crippen molar-refractivity contribution in [2.45, 2.75) is 64.7 Å². The highest BCUT2D eigenvalue weighted by Crippen LogP contribution is 2.18. The third-order valence-electron chi connectivity index (χ3n) is 3.15. The molecule has 2 nitrogen and oxygen atoms in total. The quantitative estimate of drug-likeness (QED) is 0.302. The summed E-state index contributed by atoms with van der Waals surface area (Å²) < 4.78 is 4.85. The van der Waals surface area contributed by atoms with Crippen molar-refractivity contribution in [3.05, 3.63) is 12.7 Å². The van der Waals surface area contributed by atoms with Gasteiger partial charge in [-0.15, -0.1) is 6.58 Å². The topological polar surface area (TPSA) is 26.3 Å². The van der Waals surface area contributed by atoms with Crippen LogP contribution in [0.2, 0.25) is 0 Å². The standard InChI is InChI=1S/C15H28O2/c1-4-6-8-9-10-11-13-14(12-7-5-2)15(16)17-3/h4,14H,1,5-13H2,2-3H3. The molecule has 0 radical (unpaired) electrons. The van der Waals surface area contributed by atoms with Crippen molar-refractivity contribution in [2.75, 3.05) is 7.11 Å². The normalized spacial score (nSPS) is 12.1. The van der Waals surface area contributed by atoms with E-state index in [-0.39, 0.29) is 11.9 Å². The van der Waals surface area contributed by atoms with Gasteiger partial charge in [-0.1, -0.05) is 45.1 Å². The average molecular weight is 240 g/mol. The first-order valence-electron chi connectivity index (χ1n) is 6.95. The molecule has 17 heavy (non-hydrogen) atoms. The van der Waals surface area contributed by atoms with Gasteiger partial charge in [0.25, 0.3) is 0 Å². The molecule has 2 heteroatoms. The first-order valence-corrected chi connectivity index (χ1v) is 6.95. The number of rotatable bonds is 11. The number of unbranched alkanes of at least 4 members (excludes halogenated alkanes) is 5. The second-order valence-corrected chi connectivity index (χ2v) is 4.64. The minimum atomic E-state index is -0.0236. The lowest BCUT2D eigenvalue weighted by Crippen LogP contribution is -2.16. The number of hydrogen-bond donors (Lipinski definition) is 0. The summed E-state index contributed by atoms with van der Waals surface area (Å²) in [6.07, 6.45) is 12.1. The molecular formula is C15H28O2. The van der Waals surface area contributed by atoms with E-state index >= 15 is 0 Å². The molecule has 0 rings (SSSR count). The highest BCUT2D eigenvalue weighted by atomic mass is 16.5. The zero-order chi connectivity index (χ0) is 12.9. The Hall–Kier alpha value is -0.790. The highest BCUT2D eigenvalue weighted by molar-refractivity contribution is 5.72. The van der Waals surface area contributed by atoms with E-state index in [0.29, 0.717) is 0 Å². The fourth-order valence-electron chi connectivity index (χ4n) is 2.03. The van der Waals surface area contributed by atoms with Crippen LogP contribution in [0.15, 0.2) is 12.7 Å². The summed E-state index contributed by atoms with van der Waals surface area (Å²) in [4.78, 5) is 11.5. The Morgan fingerprint density at radius 3 is 2.41 bits per heavy atom. The zero-order valence-corrected chi connectivity index (χ0v) is 11.5. The lowest BCUT2D eigenvalue weighted by molar-refractivity contribution is -0.146. The number of hydrogen-bond acceptors (Lipinski definition) is 2. The number of allylic oxidation sites excluding steroid dienone is 1. The van der Waals surface area contributed by atoms with Gasteiger partial charge in [0.15, 0.2) is 0 Å². The van der Waals surface area contributed by atoms with Crippen molar-refractivity contribution in [1.29, 1.82) is 0 Å². The van der Waals surface area contributed by atoms with Crippen LogP contribution in [0.5, 0.6) is 0 Å². The van der Waals surface area contributed by atoms with Crippen molar-refractivity contribution >= 4 is 5.97 Å².